The topological polar surface area (TPSA) is 91.1 Å². The van der Waals surface area contributed by atoms with Crippen molar-refractivity contribution in [3.8, 4) is 0 Å². The predicted molar refractivity (Wildman–Crippen MR) is 88.5 cm³/mol. The fourth-order valence-corrected chi connectivity index (χ4v) is 2.80. The van der Waals surface area contributed by atoms with Gasteiger partial charge in [-0.1, -0.05) is 18.2 Å². The summed E-state index contributed by atoms with van der Waals surface area (Å²) in [5.41, 5.74) is 0.568. The molecule has 130 valence electrons. The maximum Gasteiger partial charge on any atom is 0.338 e. The van der Waals surface area contributed by atoms with E-state index in [1.165, 1.54) is 6.07 Å². The van der Waals surface area contributed by atoms with Crippen LogP contribution in [0.4, 0.5) is 0 Å². The molecule has 0 unspecified atom stereocenters. The van der Waals surface area contributed by atoms with Gasteiger partial charge in [-0.15, -0.1) is 0 Å². The third-order valence-electron chi connectivity index (χ3n) is 4.15. The second-order valence-electron chi connectivity index (χ2n) is 5.81. The molecule has 1 saturated heterocycles. The third kappa shape index (κ3) is 3.71. The molecular weight excluding hydrogens is 324 g/mol. The van der Waals surface area contributed by atoms with Crippen LogP contribution in [0.1, 0.15) is 37.7 Å². The Bertz CT molecular complexity index is 784. The van der Waals surface area contributed by atoms with Crippen molar-refractivity contribution in [1.29, 1.82) is 0 Å². The molecule has 0 aliphatic carbocycles. The van der Waals surface area contributed by atoms with Crippen LogP contribution >= 0.6 is 0 Å². The van der Waals surface area contributed by atoms with Gasteiger partial charge in [0, 0.05) is 37.8 Å². The number of furan rings is 1. The van der Waals surface area contributed by atoms with Crippen LogP contribution in [0.5, 0.6) is 0 Å². The van der Waals surface area contributed by atoms with Crippen molar-refractivity contribution >= 4 is 17.8 Å². The molecule has 2 amide bonds. The van der Waals surface area contributed by atoms with Crippen LogP contribution in [-0.2, 0) is 0 Å². The van der Waals surface area contributed by atoms with E-state index < -0.39 is 5.97 Å². The van der Waals surface area contributed by atoms with Gasteiger partial charge in [-0.3, -0.25) is 9.59 Å². The van der Waals surface area contributed by atoms with Crippen molar-refractivity contribution in [1.82, 2.24) is 9.80 Å². The van der Waals surface area contributed by atoms with Gasteiger partial charge in [0.15, 0.2) is 5.76 Å². The summed E-state index contributed by atoms with van der Waals surface area (Å²) in [6.45, 7) is 1.85. The van der Waals surface area contributed by atoms with E-state index in [1.54, 1.807) is 21.9 Å². The summed E-state index contributed by atoms with van der Waals surface area (Å²) in [6.07, 6.45) is 1.70. The Morgan fingerprint density at radius 3 is 2.12 bits per heavy atom. The lowest BCUT2D eigenvalue weighted by molar-refractivity contribution is 0.0694. The molecule has 2 heterocycles. The van der Waals surface area contributed by atoms with Crippen LogP contribution in [0, 0.1) is 0 Å². The van der Waals surface area contributed by atoms with Crippen molar-refractivity contribution in [2.24, 2.45) is 0 Å². The molecule has 1 aliphatic heterocycles. The molecule has 1 aromatic carbocycles. The van der Waals surface area contributed by atoms with Crippen LogP contribution in [0.25, 0.3) is 0 Å². The predicted octanol–water partition coefficient (Wildman–Crippen LogP) is 1.97. The number of rotatable bonds is 3. The Balaban J connectivity index is 1.65. The molecule has 0 atom stereocenters. The highest BCUT2D eigenvalue weighted by atomic mass is 16.4. The highest BCUT2D eigenvalue weighted by molar-refractivity contribution is 5.96. The van der Waals surface area contributed by atoms with E-state index in [9.17, 15) is 14.4 Å². The molecule has 0 spiro atoms. The van der Waals surface area contributed by atoms with Crippen LogP contribution in [0.15, 0.2) is 47.1 Å². The van der Waals surface area contributed by atoms with Crippen molar-refractivity contribution in [2.75, 3.05) is 26.2 Å². The summed E-state index contributed by atoms with van der Waals surface area (Å²) in [4.78, 5) is 39.2. The van der Waals surface area contributed by atoms with E-state index in [4.69, 9.17) is 9.52 Å². The second-order valence-corrected chi connectivity index (χ2v) is 5.81. The number of nitrogens with zero attached hydrogens (tertiary/aromatic N) is 2. The van der Waals surface area contributed by atoms with E-state index in [0.29, 0.717) is 38.2 Å². The Morgan fingerprint density at radius 2 is 1.52 bits per heavy atom. The normalized spacial score (nSPS) is 14.9. The van der Waals surface area contributed by atoms with E-state index in [1.807, 2.05) is 18.2 Å². The molecule has 1 aromatic heterocycles. The van der Waals surface area contributed by atoms with Gasteiger partial charge in [0.05, 0.1) is 5.56 Å². The molecule has 0 radical (unpaired) electrons. The van der Waals surface area contributed by atoms with Crippen LogP contribution < -0.4 is 0 Å². The summed E-state index contributed by atoms with van der Waals surface area (Å²) in [5.74, 6) is -1.55. The van der Waals surface area contributed by atoms with Crippen LogP contribution in [0.2, 0.25) is 0 Å². The van der Waals surface area contributed by atoms with Gasteiger partial charge in [-0.25, -0.2) is 4.79 Å². The maximum absolute atomic E-state index is 12.5. The Morgan fingerprint density at radius 1 is 0.880 bits per heavy atom. The maximum atomic E-state index is 12.5. The minimum absolute atomic E-state index is 0.000218. The minimum Gasteiger partial charge on any atom is -0.478 e. The van der Waals surface area contributed by atoms with Gasteiger partial charge >= 0.3 is 5.97 Å². The highest BCUT2D eigenvalue weighted by Gasteiger charge is 2.25. The molecule has 1 N–H and O–H groups in total. The SMILES string of the molecule is O=C(O)c1coc(C(=O)N2CCCN(C(=O)c3ccccc3)CC2)c1. The quantitative estimate of drug-likeness (QED) is 0.921. The average Bonchev–Trinajstić information content (AvgIpc) is 3.00. The molecule has 3 rings (SSSR count). The summed E-state index contributed by atoms with van der Waals surface area (Å²) in [5, 5.41) is 8.91. The number of benzene rings is 1. The number of hydrogen-bond acceptors (Lipinski definition) is 4. The Hall–Kier alpha value is -3.09. The fraction of sp³-hybridized carbons (Fsp3) is 0.278. The first-order valence-corrected chi connectivity index (χ1v) is 8.01. The highest BCUT2D eigenvalue weighted by Crippen LogP contribution is 2.14. The summed E-state index contributed by atoms with van der Waals surface area (Å²) < 4.78 is 5.07. The smallest absolute Gasteiger partial charge is 0.338 e. The third-order valence-corrected chi connectivity index (χ3v) is 4.15. The molecular formula is C18H18N2O5. The summed E-state index contributed by atoms with van der Waals surface area (Å²) in [7, 11) is 0. The first-order chi connectivity index (χ1) is 12.1. The number of aromatic carboxylic acids is 1. The van der Waals surface area contributed by atoms with E-state index in [-0.39, 0.29) is 23.1 Å². The largest absolute Gasteiger partial charge is 0.478 e. The van der Waals surface area contributed by atoms with Gasteiger partial charge < -0.3 is 19.3 Å². The molecule has 25 heavy (non-hydrogen) atoms. The monoisotopic (exact) mass is 342 g/mol. The molecule has 1 aliphatic rings. The molecule has 1 fully saturated rings. The molecule has 0 bridgehead atoms. The Kier molecular flexibility index (Phi) is 4.83. The Labute approximate surface area is 144 Å². The molecule has 2 aromatic rings. The van der Waals surface area contributed by atoms with Crippen molar-refractivity contribution < 1.29 is 23.9 Å². The van der Waals surface area contributed by atoms with Gasteiger partial charge in [0.2, 0.25) is 0 Å². The van der Waals surface area contributed by atoms with Crippen LogP contribution in [-0.4, -0.2) is 58.9 Å². The van der Waals surface area contributed by atoms with E-state index in [2.05, 4.69) is 0 Å². The van der Waals surface area contributed by atoms with Crippen molar-refractivity contribution in [3.63, 3.8) is 0 Å². The second kappa shape index (κ2) is 7.21. The lowest BCUT2D eigenvalue weighted by atomic mass is 10.2. The van der Waals surface area contributed by atoms with Gasteiger partial charge in [-0.2, -0.15) is 0 Å². The van der Waals surface area contributed by atoms with Gasteiger partial charge in [0.1, 0.15) is 6.26 Å². The van der Waals surface area contributed by atoms with Gasteiger partial charge in [0.25, 0.3) is 11.8 Å². The number of amides is 2. The summed E-state index contributed by atoms with van der Waals surface area (Å²) in [6, 6.07) is 10.3. The standard InChI is InChI=1S/C18H18N2O5/c21-16(13-5-2-1-3-6-13)19-7-4-8-20(10-9-19)17(22)15-11-14(12-25-15)18(23)24/h1-3,5-6,11-12H,4,7-10H2,(H,23,24). The number of carboxylic acids is 1. The van der Waals surface area contributed by atoms with Crippen molar-refractivity contribution in [2.45, 2.75) is 6.42 Å². The van der Waals surface area contributed by atoms with Gasteiger partial charge in [-0.05, 0) is 18.6 Å². The zero-order valence-electron chi connectivity index (χ0n) is 13.6. The number of carbonyl (C=O) groups excluding carboxylic acids is 2. The zero-order valence-corrected chi connectivity index (χ0v) is 13.6. The molecule has 7 heteroatoms. The van der Waals surface area contributed by atoms with E-state index in [0.717, 1.165) is 6.26 Å². The molecule has 7 nitrogen and oxygen atoms in total. The number of carbonyl (C=O) groups is 3. The fourth-order valence-electron chi connectivity index (χ4n) is 2.80. The first kappa shape index (κ1) is 16.8. The first-order valence-electron chi connectivity index (χ1n) is 8.01. The number of hydrogen-bond donors (Lipinski definition) is 1. The minimum atomic E-state index is -1.14. The summed E-state index contributed by atoms with van der Waals surface area (Å²) >= 11 is 0. The van der Waals surface area contributed by atoms with Crippen molar-refractivity contribution in [3.05, 3.63) is 59.5 Å². The molecule has 0 saturated carbocycles. The lowest BCUT2D eigenvalue weighted by Gasteiger charge is -2.21. The van der Waals surface area contributed by atoms with Crippen LogP contribution in [0.3, 0.4) is 0 Å². The van der Waals surface area contributed by atoms with E-state index >= 15 is 0 Å². The zero-order chi connectivity index (χ0) is 17.8. The lowest BCUT2D eigenvalue weighted by Crippen LogP contribution is -2.37. The average molecular weight is 342 g/mol. The number of carboxylic acid groups (broad SMARTS) is 1.